The molecule has 1 aromatic heterocycles. The van der Waals surface area contributed by atoms with Gasteiger partial charge in [0, 0.05) is 11.8 Å². The summed E-state index contributed by atoms with van der Waals surface area (Å²) < 4.78 is 62.1. The maximum absolute atomic E-state index is 13.0. The van der Waals surface area contributed by atoms with Crippen LogP contribution >= 0.6 is 0 Å². The summed E-state index contributed by atoms with van der Waals surface area (Å²) in [6, 6.07) is 5.24. The zero-order valence-corrected chi connectivity index (χ0v) is 11.1. The third-order valence-electron chi connectivity index (χ3n) is 2.65. The molecule has 3 N–H and O–H groups in total. The van der Waals surface area contributed by atoms with E-state index in [2.05, 4.69) is 4.98 Å². The smallest absolute Gasteiger partial charge is 0.417 e. The highest BCUT2D eigenvalue weighted by molar-refractivity contribution is 7.89. The van der Waals surface area contributed by atoms with E-state index >= 15 is 0 Å². The van der Waals surface area contributed by atoms with Crippen molar-refractivity contribution >= 4 is 10.0 Å². The third kappa shape index (κ3) is 2.98. The second-order valence-corrected chi connectivity index (χ2v) is 5.59. The van der Waals surface area contributed by atoms with Crippen molar-refractivity contribution in [3.63, 3.8) is 0 Å². The SMILES string of the molecule is NS(=O)(=O)c1c(-c2ncccc2O)cccc1C(F)(F)F. The molecule has 0 unspecified atom stereocenters. The number of benzene rings is 1. The van der Waals surface area contributed by atoms with Gasteiger partial charge >= 0.3 is 6.18 Å². The molecule has 9 heteroatoms. The molecule has 0 amide bonds. The largest absolute Gasteiger partial charge is 0.506 e. The van der Waals surface area contributed by atoms with Crippen molar-refractivity contribution < 1.29 is 26.7 Å². The van der Waals surface area contributed by atoms with Crippen LogP contribution in [0.1, 0.15) is 5.56 Å². The molecule has 0 spiro atoms. The van der Waals surface area contributed by atoms with E-state index in [9.17, 15) is 26.7 Å². The lowest BCUT2D eigenvalue weighted by molar-refractivity contribution is -0.139. The van der Waals surface area contributed by atoms with Crippen LogP contribution in [0.2, 0.25) is 0 Å². The Morgan fingerprint density at radius 3 is 2.33 bits per heavy atom. The van der Waals surface area contributed by atoms with Crippen molar-refractivity contribution in [2.45, 2.75) is 11.1 Å². The fraction of sp³-hybridized carbons (Fsp3) is 0.0833. The first-order chi connectivity index (χ1) is 9.62. The van der Waals surface area contributed by atoms with Crippen LogP contribution in [0, 0.1) is 0 Å². The van der Waals surface area contributed by atoms with Gasteiger partial charge in [-0.25, -0.2) is 13.6 Å². The molecule has 112 valence electrons. The minimum Gasteiger partial charge on any atom is -0.506 e. The van der Waals surface area contributed by atoms with Crippen molar-refractivity contribution in [2.24, 2.45) is 5.14 Å². The van der Waals surface area contributed by atoms with Crippen molar-refractivity contribution in [2.75, 3.05) is 0 Å². The Hall–Kier alpha value is -2.13. The summed E-state index contributed by atoms with van der Waals surface area (Å²) in [6.45, 7) is 0. The van der Waals surface area contributed by atoms with Gasteiger partial charge in [-0.2, -0.15) is 13.2 Å². The molecule has 0 fully saturated rings. The van der Waals surface area contributed by atoms with E-state index in [0.29, 0.717) is 6.07 Å². The summed E-state index contributed by atoms with van der Waals surface area (Å²) >= 11 is 0. The summed E-state index contributed by atoms with van der Waals surface area (Å²) in [5.41, 5.74) is -2.12. The predicted octanol–water partition coefficient (Wildman–Crippen LogP) is 2.12. The first-order valence-corrected chi connectivity index (χ1v) is 7.04. The fourth-order valence-corrected chi connectivity index (χ4v) is 2.82. The molecule has 5 nitrogen and oxygen atoms in total. The maximum Gasteiger partial charge on any atom is 0.417 e. The van der Waals surface area contributed by atoms with Gasteiger partial charge in [0.2, 0.25) is 10.0 Å². The number of nitrogens with two attached hydrogens (primary N) is 1. The zero-order valence-electron chi connectivity index (χ0n) is 10.3. The van der Waals surface area contributed by atoms with E-state index in [0.717, 1.165) is 12.1 Å². The summed E-state index contributed by atoms with van der Waals surface area (Å²) in [6.07, 6.45) is -3.70. The van der Waals surface area contributed by atoms with Crippen molar-refractivity contribution in [1.82, 2.24) is 4.98 Å². The van der Waals surface area contributed by atoms with Gasteiger partial charge in [0.1, 0.15) is 16.3 Å². The fourth-order valence-electron chi connectivity index (χ4n) is 1.86. The number of nitrogens with zero attached hydrogens (tertiary/aromatic N) is 1. The molecule has 1 aromatic carbocycles. The molecular weight excluding hydrogens is 309 g/mol. The Labute approximate surface area is 117 Å². The molecule has 0 saturated heterocycles. The van der Waals surface area contributed by atoms with Gasteiger partial charge in [-0.3, -0.25) is 4.98 Å². The number of aromatic nitrogens is 1. The molecule has 0 saturated carbocycles. The molecular formula is C12H9F3N2O3S. The number of aromatic hydroxyl groups is 1. The first kappa shape index (κ1) is 15.3. The maximum atomic E-state index is 13.0. The highest BCUT2D eigenvalue weighted by Crippen LogP contribution is 2.40. The van der Waals surface area contributed by atoms with Gasteiger partial charge in [-0.05, 0) is 18.2 Å². The number of sulfonamides is 1. The molecule has 0 aliphatic rings. The summed E-state index contributed by atoms with van der Waals surface area (Å²) in [4.78, 5) is 2.59. The molecule has 21 heavy (non-hydrogen) atoms. The summed E-state index contributed by atoms with van der Waals surface area (Å²) in [5, 5.41) is 14.6. The van der Waals surface area contributed by atoms with Crippen LogP contribution in [-0.4, -0.2) is 18.5 Å². The highest BCUT2D eigenvalue weighted by Gasteiger charge is 2.38. The van der Waals surface area contributed by atoms with Gasteiger partial charge in [0.15, 0.2) is 0 Å². The number of alkyl halides is 3. The lowest BCUT2D eigenvalue weighted by Crippen LogP contribution is -2.20. The van der Waals surface area contributed by atoms with Crippen molar-refractivity contribution in [1.29, 1.82) is 0 Å². The predicted molar refractivity (Wildman–Crippen MR) is 67.7 cm³/mol. The second-order valence-electron chi connectivity index (χ2n) is 4.10. The molecule has 0 bridgehead atoms. The van der Waals surface area contributed by atoms with Crippen molar-refractivity contribution in [3.05, 3.63) is 42.1 Å². The first-order valence-electron chi connectivity index (χ1n) is 5.49. The van der Waals surface area contributed by atoms with E-state index in [-0.39, 0.29) is 5.69 Å². The Morgan fingerprint density at radius 1 is 1.14 bits per heavy atom. The van der Waals surface area contributed by atoms with Gasteiger partial charge in [-0.1, -0.05) is 12.1 Å². The van der Waals surface area contributed by atoms with E-state index < -0.39 is 38.0 Å². The van der Waals surface area contributed by atoms with E-state index in [4.69, 9.17) is 5.14 Å². The van der Waals surface area contributed by atoms with E-state index in [1.165, 1.54) is 18.3 Å². The normalized spacial score (nSPS) is 12.4. The zero-order chi connectivity index (χ0) is 15.8. The topological polar surface area (TPSA) is 93.3 Å². The molecule has 1 heterocycles. The molecule has 0 atom stereocenters. The van der Waals surface area contributed by atoms with Crippen LogP contribution in [-0.2, 0) is 16.2 Å². The second kappa shape index (κ2) is 5.01. The lowest BCUT2D eigenvalue weighted by atomic mass is 10.1. The van der Waals surface area contributed by atoms with Crippen LogP contribution in [0.15, 0.2) is 41.4 Å². The Balaban J connectivity index is 2.89. The number of rotatable bonds is 2. The highest BCUT2D eigenvalue weighted by atomic mass is 32.2. The Bertz CT molecular complexity index is 789. The number of pyridine rings is 1. The van der Waals surface area contributed by atoms with Crippen molar-refractivity contribution in [3.8, 4) is 17.0 Å². The minimum atomic E-state index is -4.91. The van der Waals surface area contributed by atoms with E-state index in [1.807, 2.05) is 0 Å². The average molecular weight is 318 g/mol. The van der Waals surface area contributed by atoms with Crippen LogP contribution in [0.4, 0.5) is 13.2 Å². The molecule has 2 rings (SSSR count). The lowest BCUT2D eigenvalue weighted by Gasteiger charge is -2.15. The van der Waals surface area contributed by atoms with Gasteiger partial charge in [-0.15, -0.1) is 0 Å². The standard InChI is InChI=1S/C12H9F3N2O3S/c13-12(14,15)8-4-1-3-7(11(8)21(16,19)20)10-9(18)5-2-6-17-10/h1-6,18H,(H2,16,19,20). The van der Waals surface area contributed by atoms with Crippen LogP contribution in [0.25, 0.3) is 11.3 Å². The third-order valence-corrected chi connectivity index (χ3v) is 3.66. The summed E-state index contributed by atoms with van der Waals surface area (Å²) in [7, 11) is -4.68. The molecule has 0 radical (unpaired) electrons. The molecule has 2 aromatic rings. The monoisotopic (exact) mass is 318 g/mol. The number of primary sulfonamides is 1. The number of halogens is 3. The minimum absolute atomic E-state index is 0.298. The quantitative estimate of drug-likeness (QED) is 0.887. The Kier molecular flexibility index (Phi) is 3.64. The average Bonchev–Trinajstić information content (AvgIpc) is 2.36. The summed E-state index contributed by atoms with van der Waals surface area (Å²) in [5.74, 6) is -0.457. The van der Waals surface area contributed by atoms with Gasteiger partial charge < -0.3 is 5.11 Å². The van der Waals surface area contributed by atoms with Gasteiger partial charge in [0.25, 0.3) is 0 Å². The van der Waals surface area contributed by atoms with Gasteiger partial charge in [0.05, 0.1) is 5.56 Å². The Morgan fingerprint density at radius 2 is 1.81 bits per heavy atom. The van der Waals surface area contributed by atoms with E-state index in [1.54, 1.807) is 0 Å². The van der Waals surface area contributed by atoms with Crippen LogP contribution in [0.5, 0.6) is 5.75 Å². The molecule has 0 aliphatic heterocycles. The van der Waals surface area contributed by atoms with Crippen LogP contribution in [0.3, 0.4) is 0 Å². The molecule has 0 aliphatic carbocycles. The number of hydrogen-bond acceptors (Lipinski definition) is 4. The van der Waals surface area contributed by atoms with Crippen LogP contribution < -0.4 is 5.14 Å². The number of hydrogen-bond donors (Lipinski definition) is 2.